The van der Waals surface area contributed by atoms with Crippen molar-refractivity contribution in [3.05, 3.63) is 52.0 Å². The maximum atomic E-state index is 13.4. The van der Waals surface area contributed by atoms with Gasteiger partial charge in [-0.2, -0.15) is 0 Å². The number of hydrogen-bond donors (Lipinski definition) is 1. The van der Waals surface area contributed by atoms with Gasteiger partial charge in [0.05, 0.1) is 12.5 Å². The maximum Gasteiger partial charge on any atom is 0.410 e. The highest BCUT2D eigenvalue weighted by Crippen LogP contribution is 2.31. The van der Waals surface area contributed by atoms with Crippen LogP contribution in [0.3, 0.4) is 0 Å². The number of carbonyl (C=O) groups is 4. The molecule has 2 aromatic rings. The molecule has 2 rings (SSSR count). The first kappa shape index (κ1) is 35.7. The van der Waals surface area contributed by atoms with Gasteiger partial charge in [-0.05, 0) is 52.0 Å². The largest absolute Gasteiger partial charge is 0.466 e. The van der Waals surface area contributed by atoms with Crippen LogP contribution in [0.25, 0.3) is 0 Å². The lowest BCUT2D eigenvalue weighted by atomic mass is 9.96. The molecule has 0 saturated heterocycles. The summed E-state index contributed by atoms with van der Waals surface area (Å²) in [4.78, 5) is 56.7. The first-order valence-corrected chi connectivity index (χ1v) is 15.6. The Labute approximate surface area is 259 Å². The van der Waals surface area contributed by atoms with E-state index >= 15 is 0 Å². The predicted molar refractivity (Wildman–Crippen MR) is 166 cm³/mol. The van der Waals surface area contributed by atoms with E-state index in [2.05, 4.69) is 10.3 Å². The van der Waals surface area contributed by atoms with Crippen LogP contribution in [0.15, 0.2) is 35.7 Å². The molecule has 10 nitrogen and oxygen atoms in total. The van der Waals surface area contributed by atoms with Crippen LogP contribution in [0.4, 0.5) is 4.79 Å². The van der Waals surface area contributed by atoms with Crippen molar-refractivity contribution < 1.29 is 33.4 Å². The van der Waals surface area contributed by atoms with Gasteiger partial charge in [-0.25, -0.2) is 9.78 Å². The number of thiazole rings is 1. The second kappa shape index (κ2) is 16.4. The molecule has 0 aliphatic carbocycles. The molecule has 43 heavy (non-hydrogen) atoms. The Morgan fingerprint density at radius 2 is 1.70 bits per heavy atom. The fourth-order valence-corrected chi connectivity index (χ4v) is 5.50. The number of esters is 2. The van der Waals surface area contributed by atoms with E-state index in [1.165, 1.54) is 23.2 Å². The number of nitrogens with one attached hydrogen (secondary N) is 1. The highest BCUT2D eigenvalue weighted by atomic mass is 32.1. The number of nitrogens with zero attached hydrogens (tertiary/aromatic N) is 2. The van der Waals surface area contributed by atoms with Crippen LogP contribution in [0.2, 0.25) is 0 Å². The average molecular weight is 618 g/mol. The highest BCUT2D eigenvalue weighted by Gasteiger charge is 2.33. The molecule has 1 aromatic carbocycles. The van der Waals surface area contributed by atoms with E-state index in [1.54, 1.807) is 47.0 Å². The number of aromatic nitrogens is 1. The van der Waals surface area contributed by atoms with Gasteiger partial charge >= 0.3 is 18.0 Å². The molecule has 0 saturated carbocycles. The molecule has 0 spiro atoms. The molecular weight excluding hydrogens is 570 g/mol. The van der Waals surface area contributed by atoms with Crippen molar-refractivity contribution in [2.75, 3.05) is 13.7 Å². The van der Waals surface area contributed by atoms with E-state index < -0.39 is 35.6 Å². The Bertz CT molecular complexity index is 1210. The summed E-state index contributed by atoms with van der Waals surface area (Å²) in [5, 5.41) is 5.11. The van der Waals surface area contributed by atoms with E-state index in [0.29, 0.717) is 17.8 Å². The van der Waals surface area contributed by atoms with Gasteiger partial charge in [0.1, 0.15) is 16.3 Å². The van der Waals surface area contributed by atoms with Crippen LogP contribution in [0.5, 0.6) is 0 Å². The molecule has 0 bridgehead atoms. The standard InChI is InChI=1S/C32H47N3O7S/c1-10-40-30(38)21(4)16-24(17-23-14-12-11-13-15-23)33-28(37)25-19-43-29(34-25)27(41-22(5)36)18-26(20(2)3)35(9)31(39)42-32(6,7)8/h11-15,19-21,24,26-27H,10,16-18H2,1-9H3,(H,33,37)/t21?,24-,26?,27-/m1/s1. The molecule has 238 valence electrons. The number of benzene rings is 1. The van der Waals surface area contributed by atoms with Crippen LogP contribution in [-0.4, -0.2) is 65.2 Å². The number of rotatable bonds is 14. The Morgan fingerprint density at radius 1 is 1.05 bits per heavy atom. The van der Waals surface area contributed by atoms with Crippen molar-refractivity contribution in [1.29, 1.82) is 0 Å². The zero-order valence-corrected chi connectivity index (χ0v) is 27.7. The van der Waals surface area contributed by atoms with E-state index in [1.807, 2.05) is 44.2 Å². The average Bonchev–Trinajstić information content (AvgIpc) is 3.40. The van der Waals surface area contributed by atoms with Gasteiger partial charge < -0.3 is 24.4 Å². The van der Waals surface area contributed by atoms with E-state index in [0.717, 1.165) is 5.56 Å². The third-order valence-electron chi connectivity index (χ3n) is 6.73. The molecule has 0 fully saturated rings. The second-order valence-electron chi connectivity index (χ2n) is 12.1. The van der Waals surface area contributed by atoms with Gasteiger partial charge in [0.15, 0.2) is 6.10 Å². The first-order chi connectivity index (χ1) is 20.1. The molecule has 11 heteroatoms. The summed E-state index contributed by atoms with van der Waals surface area (Å²) in [6.07, 6.45) is -0.0653. The summed E-state index contributed by atoms with van der Waals surface area (Å²) < 4.78 is 16.4. The summed E-state index contributed by atoms with van der Waals surface area (Å²) in [5.41, 5.74) is 0.541. The van der Waals surface area contributed by atoms with Gasteiger partial charge in [-0.15, -0.1) is 11.3 Å². The third-order valence-corrected chi connectivity index (χ3v) is 7.67. The molecule has 2 amide bonds. The smallest absolute Gasteiger partial charge is 0.410 e. The highest BCUT2D eigenvalue weighted by molar-refractivity contribution is 7.09. The Kier molecular flexibility index (Phi) is 13.6. The monoisotopic (exact) mass is 617 g/mol. The van der Waals surface area contributed by atoms with Gasteiger partial charge in [-0.3, -0.25) is 14.4 Å². The molecule has 4 atom stereocenters. The van der Waals surface area contributed by atoms with E-state index in [4.69, 9.17) is 14.2 Å². The fourth-order valence-electron chi connectivity index (χ4n) is 4.66. The SMILES string of the molecule is CCOC(=O)C(C)C[C@H](Cc1ccccc1)NC(=O)c1csc([C@@H](CC(C(C)C)N(C)C(=O)OC(C)(C)C)OC(C)=O)n1. The summed E-state index contributed by atoms with van der Waals surface area (Å²) in [7, 11) is 1.66. The van der Waals surface area contributed by atoms with Gasteiger partial charge in [0.2, 0.25) is 0 Å². The van der Waals surface area contributed by atoms with Crippen LogP contribution in [0.1, 0.15) is 95.4 Å². The maximum absolute atomic E-state index is 13.4. The Hall–Kier alpha value is -3.47. The van der Waals surface area contributed by atoms with Crippen molar-refractivity contribution in [2.24, 2.45) is 11.8 Å². The first-order valence-electron chi connectivity index (χ1n) is 14.7. The van der Waals surface area contributed by atoms with E-state index in [9.17, 15) is 19.2 Å². The third kappa shape index (κ3) is 12.0. The van der Waals surface area contributed by atoms with Crippen molar-refractivity contribution in [3.63, 3.8) is 0 Å². The second-order valence-corrected chi connectivity index (χ2v) is 12.9. The molecular formula is C32H47N3O7S. The van der Waals surface area contributed by atoms with Crippen LogP contribution < -0.4 is 5.32 Å². The normalized spacial score (nSPS) is 14.3. The van der Waals surface area contributed by atoms with Crippen molar-refractivity contribution in [1.82, 2.24) is 15.2 Å². The summed E-state index contributed by atoms with van der Waals surface area (Å²) >= 11 is 1.21. The van der Waals surface area contributed by atoms with Crippen LogP contribution in [-0.2, 0) is 30.2 Å². The van der Waals surface area contributed by atoms with Crippen molar-refractivity contribution >= 4 is 35.3 Å². The van der Waals surface area contributed by atoms with Gasteiger partial charge in [0.25, 0.3) is 5.91 Å². The fraction of sp³-hybridized carbons (Fsp3) is 0.594. The van der Waals surface area contributed by atoms with Crippen molar-refractivity contribution in [3.8, 4) is 0 Å². The predicted octanol–water partition coefficient (Wildman–Crippen LogP) is 5.96. The zero-order valence-electron chi connectivity index (χ0n) is 26.8. The Morgan fingerprint density at radius 3 is 2.26 bits per heavy atom. The molecule has 0 aliphatic heterocycles. The zero-order chi connectivity index (χ0) is 32.3. The molecule has 0 radical (unpaired) electrons. The van der Waals surface area contributed by atoms with Crippen LogP contribution >= 0.6 is 11.3 Å². The molecule has 0 aliphatic rings. The number of hydrogen-bond acceptors (Lipinski definition) is 9. The molecule has 1 heterocycles. The number of amides is 2. The van der Waals surface area contributed by atoms with E-state index in [-0.39, 0.29) is 42.7 Å². The minimum absolute atomic E-state index is 0.0124. The lowest BCUT2D eigenvalue weighted by molar-refractivity contribution is -0.148. The molecule has 1 aromatic heterocycles. The van der Waals surface area contributed by atoms with Crippen LogP contribution in [0, 0.1) is 11.8 Å². The lowest BCUT2D eigenvalue weighted by Gasteiger charge is -2.34. The van der Waals surface area contributed by atoms with Crippen molar-refractivity contribution in [2.45, 2.75) is 98.4 Å². The minimum Gasteiger partial charge on any atom is -0.466 e. The quantitative estimate of drug-likeness (QED) is 0.203. The minimum atomic E-state index is -0.773. The summed E-state index contributed by atoms with van der Waals surface area (Å²) in [5.74, 6) is -1.61. The number of ether oxygens (including phenoxy) is 3. The summed E-state index contributed by atoms with van der Waals surface area (Å²) in [6, 6.07) is 9.03. The number of carbonyl (C=O) groups excluding carboxylic acids is 4. The Balaban J connectivity index is 2.26. The molecule has 1 N–H and O–H groups in total. The lowest BCUT2D eigenvalue weighted by Crippen LogP contribution is -2.44. The molecule has 2 unspecified atom stereocenters. The summed E-state index contributed by atoms with van der Waals surface area (Å²) in [6.45, 7) is 14.5. The van der Waals surface area contributed by atoms with Gasteiger partial charge in [0, 0.05) is 37.9 Å². The topological polar surface area (TPSA) is 124 Å². The van der Waals surface area contributed by atoms with Gasteiger partial charge in [-0.1, -0.05) is 51.1 Å².